The molecule has 1 aliphatic heterocycles. The lowest BCUT2D eigenvalue weighted by molar-refractivity contribution is -0.274. The maximum atomic E-state index is 12.3. The predicted molar refractivity (Wildman–Crippen MR) is 97.2 cm³/mol. The van der Waals surface area contributed by atoms with Crippen LogP contribution >= 0.6 is 0 Å². The Bertz CT molecular complexity index is 742. The van der Waals surface area contributed by atoms with Crippen molar-refractivity contribution in [2.75, 3.05) is 20.1 Å². The highest BCUT2D eigenvalue weighted by molar-refractivity contribution is 5.65. The van der Waals surface area contributed by atoms with Crippen LogP contribution in [0.25, 0.3) is 11.1 Å². The summed E-state index contributed by atoms with van der Waals surface area (Å²) in [5, 5.41) is 13.8. The Hall–Kier alpha value is -2.09. The van der Waals surface area contributed by atoms with E-state index in [0.717, 1.165) is 42.6 Å². The molecule has 7 heteroatoms. The fourth-order valence-corrected chi connectivity index (χ4v) is 3.23. The molecule has 2 N–H and O–H groups in total. The van der Waals surface area contributed by atoms with Gasteiger partial charge in [-0.3, -0.25) is 5.32 Å². The molecule has 3 rings (SSSR count). The van der Waals surface area contributed by atoms with E-state index in [0.29, 0.717) is 0 Å². The van der Waals surface area contributed by atoms with Crippen LogP contribution in [-0.4, -0.2) is 42.5 Å². The second-order valence-corrected chi connectivity index (χ2v) is 6.84. The Labute approximate surface area is 156 Å². The standard InChI is InChI=1S/C20H23F3N2O2/c1-25-11-9-17(10-12-25)24-19(26)16-4-2-3-15(13-16)14-5-7-18(8-6-14)27-20(21,22)23/h2-8,13,17,19,24,26H,9-12H2,1H3. The van der Waals surface area contributed by atoms with Gasteiger partial charge in [0.15, 0.2) is 0 Å². The van der Waals surface area contributed by atoms with E-state index in [-0.39, 0.29) is 11.8 Å². The van der Waals surface area contributed by atoms with Gasteiger partial charge in [-0.15, -0.1) is 13.2 Å². The summed E-state index contributed by atoms with van der Waals surface area (Å²) in [7, 11) is 2.08. The average molecular weight is 380 g/mol. The van der Waals surface area contributed by atoms with Gasteiger partial charge in [-0.2, -0.15) is 0 Å². The molecule has 1 unspecified atom stereocenters. The SMILES string of the molecule is CN1CCC(NC(O)c2cccc(-c3ccc(OC(F)(F)F)cc3)c2)CC1. The Morgan fingerprint density at radius 1 is 1.07 bits per heavy atom. The molecule has 0 amide bonds. The summed E-state index contributed by atoms with van der Waals surface area (Å²) >= 11 is 0. The lowest BCUT2D eigenvalue weighted by Gasteiger charge is -2.31. The van der Waals surface area contributed by atoms with Gasteiger partial charge in [-0.1, -0.05) is 30.3 Å². The van der Waals surface area contributed by atoms with Gasteiger partial charge in [0.25, 0.3) is 0 Å². The van der Waals surface area contributed by atoms with Crippen molar-refractivity contribution in [1.82, 2.24) is 10.2 Å². The van der Waals surface area contributed by atoms with E-state index in [9.17, 15) is 18.3 Å². The van der Waals surface area contributed by atoms with Crippen LogP contribution in [0.4, 0.5) is 13.2 Å². The van der Waals surface area contributed by atoms with Crippen LogP contribution in [-0.2, 0) is 0 Å². The predicted octanol–water partition coefficient (Wildman–Crippen LogP) is 3.93. The number of alkyl halides is 3. The topological polar surface area (TPSA) is 44.7 Å². The van der Waals surface area contributed by atoms with Crippen LogP contribution in [0.3, 0.4) is 0 Å². The highest BCUT2D eigenvalue weighted by Crippen LogP contribution is 2.28. The third-order valence-electron chi connectivity index (χ3n) is 4.74. The second-order valence-electron chi connectivity index (χ2n) is 6.84. The van der Waals surface area contributed by atoms with E-state index in [1.807, 2.05) is 24.3 Å². The first-order valence-corrected chi connectivity index (χ1v) is 8.89. The number of rotatable bonds is 5. The van der Waals surface area contributed by atoms with Gasteiger partial charge in [-0.05, 0) is 67.9 Å². The van der Waals surface area contributed by atoms with Crippen molar-refractivity contribution < 1.29 is 23.0 Å². The first-order valence-electron chi connectivity index (χ1n) is 8.89. The van der Waals surface area contributed by atoms with Crippen LogP contribution in [0.1, 0.15) is 24.6 Å². The number of ether oxygens (including phenoxy) is 1. The molecule has 0 bridgehead atoms. The molecular weight excluding hydrogens is 357 g/mol. The number of hydrogen-bond acceptors (Lipinski definition) is 4. The number of likely N-dealkylation sites (tertiary alicyclic amines) is 1. The van der Waals surface area contributed by atoms with Gasteiger partial charge in [0, 0.05) is 6.04 Å². The number of nitrogens with one attached hydrogen (secondary N) is 1. The monoisotopic (exact) mass is 380 g/mol. The molecule has 1 atom stereocenters. The minimum atomic E-state index is -4.70. The summed E-state index contributed by atoms with van der Waals surface area (Å²) in [6.07, 6.45) is -3.53. The van der Waals surface area contributed by atoms with E-state index in [2.05, 4.69) is 22.0 Å². The first kappa shape index (κ1) is 19.7. The van der Waals surface area contributed by atoms with Gasteiger partial charge >= 0.3 is 6.36 Å². The molecule has 0 spiro atoms. The minimum Gasteiger partial charge on any atom is -0.406 e. The molecule has 0 radical (unpaired) electrons. The summed E-state index contributed by atoms with van der Waals surface area (Å²) in [6, 6.07) is 13.3. The molecule has 0 aromatic heterocycles. The molecule has 2 aromatic rings. The van der Waals surface area contributed by atoms with Crippen LogP contribution in [0.5, 0.6) is 5.75 Å². The van der Waals surface area contributed by atoms with Gasteiger partial charge in [0.1, 0.15) is 12.0 Å². The van der Waals surface area contributed by atoms with Crippen molar-refractivity contribution in [2.24, 2.45) is 0 Å². The summed E-state index contributed by atoms with van der Waals surface area (Å²) < 4.78 is 40.7. The van der Waals surface area contributed by atoms with Crippen molar-refractivity contribution >= 4 is 0 Å². The molecule has 0 aliphatic carbocycles. The number of halogens is 3. The second kappa shape index (κ2) is 8.29. The molecule has 1 heterocycles. The quantitative estimate of drug-likeness (QED) is 0.772. The van der Waals surface area contributed by atoms with Gasteiger partial charge in [0.05, 0.1) is 0 Å². The van der Waals surface area contributed by atoms with E-state index in [1.54, 1.807) is 12.1 Å². The molecule has 2 aromatic carbocycles. The Morgan fingerprint density at radius 2 is 1.74 bits per heavy atom. The first-order chi connectivity index (χ1) is 12.8. The molecule has 4 nitrogen and oxygen atoms in total. The molecule has 1 fully saturated rings. The lowest BCUT2D eigenvalue weighted by Crippen LogP contribution is -2.42. The molecule has 1 saturated heterocycles. The van der Waals surface area contributed by atoms with Crippen LogP contribution in [0.2, 0.25) is 0 Å². The molecule has 1 aliphatic rings. The van der Waals surface area contributed by atoms with Crippen molar-refractivity contribution in [3.8, 4) is 16.9 Å². The van der Waals surface area contributed by atoms with E-state index < -0.39 is 12.6 Å². The van der Waals surface area contributed by atoms with Gasteiger partial charge in [-0.25, -0.2) is 0 Å². The van der Waals surface area contributed by atoms with Crippen molar-refractivity contribution in [2.45, 2.75) is 31.5 Å². The maximum Gasteiger partial charge on any atom is 0.573 e. The zero-order valence-electron chi connectivity index (χ0n) is 15.0. The number of piperidine rings is 1. The van der Waals surface area contributed by atoms with Crippen molar-refractivity contribution in [3.05, 3.63) is 54.1 Å². The third kappa shape index (κ3) is 5.69. The van der Waals surface area contributed by atoms with Crippen molar-refractivity contribution in [1.29, 1.82) is 0 Å². The average Bonchev–Trinajstić information content (AvgIpc) is 2.63. The van der Waals surface area contributed by atoms with E-state index >= 15 is 0 Å². The number of nitrogens with zero attached hydrogens (tertiary/aromatic N) is 1. The fourth-order valence-electron chi connectivity index (χ4n) is 3.23. The summed E-state index contributed by atoms with van der Waals surface area (Å²) in [5.41, 5.74) is 2.29. The number of hydrogen-bond donors (Lipinski definition) is 2. The van der Waals surface area contributed by atoms with Crippen LogP contribution in [0, 0.1) is 0 Å². The lowest BCUT2D eigenvalue weighted by atomic mass is 10.0. The summed E-state index contributed by atoms with van der Waals surface area (Å²) in [4.78, 5) is 2.26. The summed E-state index contributed by atoms with van der Waals surface area (Å²) in [5.74, 6) is -0.258. The highest BCUT2D eigenvalue weighted by Gasteiger charge is 2.31. The zero-order chi connectivity index (χ0) is 19.4. The molecule has 146 valence electrons. The summed E-state index contributed by atoms with van der Waals surface area (Å²) in [6.45, 7) is 1.99. The number of benzene rings is 2. The van der Waals surface area contributed by atoms with Gasteiger partial charge in [0.2, 0.25) is 0 Å². The Kier molecular flexibility index (Phi) is 6.04. The van der Waals surface area contributed by atoms with Gasteiger partial charge < -0.3 is 14.7 Å². The Morgan fingerprint density at radius 3 is 2.37 bits per heavy atom. The number of aliphatic hydroxyl groups excluding tert-OH is 1. The molecule has 0 saturated carbocycles. The molecule has 27 heavy (non-hydrogen) atoms. The highest BCUT2D eigenvalue weighted by atomic mass is 19.4. The van der Waals surface area contributed by atoms with E-state index in [1.165, 1.54) is 12.1 Å². The van der Waals surface area contributed by atoms with Crippen LogP contribution < -0.4 is 10.1 Å². The van der Waals surface area contributed by atoms with E-state index in [4.69, 9.17) is 0 Å². The maximum absolute atomic E-state index is 12.3. The number of aliphatic hydroxyl groups is 1. The smallest absolute Gasteiger partial charge is 0.406 e. The van der Waals surface area contributed by atoms with Crippen molar-refractivity contribution in [3.63, 3.8) is 0 Å². The normalized spacial score (nSPS) is 17.7. The largest absolute Gasteiger partial charge is 0.573 e. The molecular formula is C20H23F3N2O2. The third-order valence-corrected chi connectivity index (χ3v) is 4.74. The minimum absolute atomic E-state index is 0.258. The fraction of sp³-hybridized carbons (Fsp3) is 0.400. The Balaban J connectivity index is 1.67. The van der Waals surface area contributed by atoms with Crippen LogP contribution in [0.15, 0.2) is 48.5 Å². The zero-order valence-corrected chi connectivity index (χ0v) is 15.0.